The zero-order chi connectivity index (χ0) is 24.0. The quantitative estimate of drug-likeness (QED) is 0.549. The molecule has 0 saturated heterocycles. The molecule has 0 radical (unpaired) electrons. The Bertz CT molecular complexity index is 942. The van der Waals surface area contributed by atoms with Crippen LogP contribution in [0.3, 0.4) is 0 Å². The molecule has 0 atom stereocenters. The van der Waals surface area contributed by atoms with Gasteiger partial charge in [-0.1, -0.05) is 33.1 Å². The zero-order valence-corrected chi connectivity index (χ0v) is 20.7. The predicted molar refractivity (Wildman–Crippen MR) is 127 cm³/mol. The number of fused-ring (bicyclic) bond motifs is 1. The number of carbonyl (C=O) groups excluding carboxylic acids is 2. The standard InChI is InChI=1S/C23H36N4O5S/c1-4-26(5-2)33(30,31)19-11-12-21-20(15-19)27(23(29)17-32-21)16-22(28)24-13-14-25(3)18-9-7-6-8-10-18/h11-12,15,18H,4-10,13-14,16-17H2,1-3H3,(H,24,28). The molecule has 0 aromatic heterocycles. The van der Waals surface area contributed by atoms with Crippen LogP contribution >= 0.6 is 0 Å². The van der Waals surface area contributed by atoms with Crippen molar-refractivity contribution in [3.05, 3.63) is 18.2 Å². The van der Waals surface area contributed by atoms with Gasteiger partial charge in [0.2, 0.25) is 15.9 Å². The Kier molecular flexibility index (Phi) is 8.72. The van der Waals surface area contributed by atoms with Crippen LogP contribution in [0.4, 0.5) is 5.69 Å². The molecule has 1 aliphatic carbocycles. The highest BCUT2D eigenvalue weighted by atomic mass is 32.2. The maximum Gasteiger partial charge on any atom is 0.265 e. The molecule has 1 N–H and O–H groups in total. The van der Waals surface area contributed by atoms with Crippen molar-refractivity contribution in [2.24, 2.45) is 0 Å². The van der Waals surface area contributed by atoms with E-state index in [4.69, 9.17) is 4.74 Å². The number of ether oxygens (including phenoxy) is 1. The molecule has 1 aromatic rings. The number of amides is 2. The van der Waals surface area contributed by atoms with Crippen molar-refractivity contribution >= 4 is 27.5 Å². The summed E-state index contributed by atoms with van der Waals surface area (Å²) in [4.78, 5) is 28.8. The topological polar surface area (TPSA) is 99.3 Å². The normalized spacial score (nSPS) is 17.2. The highest BCUT2D eigenvalue weighted by molar-refractivity contribution is 7.89. The van der Waals surface area contributed by atoms with Gasteiger partial charge in [-0.15, -0.1) is 0 Å². The van der Waals surface area contributed by atoms with Crippen LogP contribution < -0.4 is 15.0 Å². The molecule has 1 heterocycles. The molecule has 184 valence electrons. The number of hydrogen-bond acceptors (Lipinski definition) is 6. The van der Waals surface area contributed by atoms with E-state index in [1.54, 1.807) is 19.9 Å². The van der Waals surface area contributed by atoms with Crippen LogP contribution in [0.1, 0.15) is 46.0 Å². The first-order valence-electron chi connectivity index (χ1n) is 11.8. The lowest BCUT2D eigenvalue weighted by Crippen LogP contribution is -2.46. The average Bonchev–Trinajstić information content (AvgIpc) is 2.81. The Morgan fingerprint density at radius 3 is 2.55 bits per heavy atom. The van der Waals surface area contributed by atoms with Gasteiger partial charge >= 0.3 is 0 Å². The number of rotatable bonds is 10. The Labute approximate surface area is 197 Å². The third-order valence-electron chi connectivity index (χ3n) is 6.50. The van der Waals surface area contributed by atoms with Crippen molar-refractivity contribution in [2.45, 2.75) is 56.9 Å². The van der Waals surface area contributed by atoms with Gasteiger partial charge in [-0.3, -0.25) is 14.5 Å². The molecule has 2 aliphatic rings. The van der Waals surface area contributed by atoms with Crippen molar-refractivity contribution in [3.63, 3.8) is 0 Å². The van der Waals surface area contributed by atoms with Gasteiger partial charge in [-0.2, -0.15) is 4.31 Å². The highest BCUT2D eigenvalue weighted by Crippen LogP contribution is 2.34. The number of nitrogens with zero attached hydrogens (tertiary/aromatic N) is 3. The molecule has 10 heteroatoms. The van der Waals surface area contributed by atoms with E-state index in [-0.39, 0.29) is 29.9 Å². The van der Waals surface area contributed by atoms with E-state index in [0.29, 0.717) is 37.1 Å². The molecule has 1 aliphatic heterocycles. The number of benzene rings is 1. The summed E-state index contributed by atoms with van der Waals surface area (Å²) in [5.74, 6) is -0.280. The number of nitrogens with one attached hydrogen (secondary N) is 1. The Balaban J connectivity index is 1.66. The van der Waals surface area contributed by atoms with Crippen LogP contribution in [0.25, 0.3) is 0 Å². The highest BCUT2D eigenvalue weighted by Gasteiger charge is 2.30. The number of carbonyl (C=O) groups is 2. The van der Waals surface area contributed by atoms with Gasteiger partial charge in [0.25, 0.3) is 5.91 Å². The molecular formula is C23H36N4O5S. The molecule has 0 spiro atoms. The minimum atomic E-state index is -3.70. The van der Waals surface area contributed by atoms with Gasteiger partial charge in [0, 0.05) is 32.2 Å². The van der Waals surface area contributed by atoms with Crippen LogP contribution in [-0.2, 0) is 19.6 Å². The first kappa shape index (κ1) is 25.5. The molecular weight excluding hydrogens is 444 g/mol. The lowest BCUT2D eigenvalue weighted by Gasteiger charge is -2.31. The Hall–Kier alpha value is -2.17. The maximum atomic E-state index is 12.9. The van der Waals surface area contributed by atoms with E-state index in [1.807, 2.05) is 0 Å². The third kappa shape index (κ3) is 6.04. The van der Waals surface area contributed by atoms with E-state index >= 15 is 0 Å². The van der Waals surface area contributed by atoms with Crippen molar-refractivity contribution in [3.8, 4) is 5.75 Å². The molecule has 0 bridgehead atoms. The molecule has 1 fully saturated rings. The third-order valence-corrected chi connectivity index (χ3v) is 8.55. The van der Waals surface area contributed by atoms with E-state index in [1.165, 1.54) is 53.4 Å². The lowest BCUT2D eigenvalue weighted by molar-refractivity contribution is -0.125. The van der Waals surface area contributed by atoms with E-state index in [2.05, 4.69) is 17.3 Å². The first-order chi connectivity index (χ1) is 15.8. The van der Waals surface area contributed by atoms with Gasteiger partial charge in [-0.05, 0) is 38.1 Å². The van der Waals surface area contributed by atoms with Crippen molar-refractivity contribution in [2.75, 3.05) is 51.3 Å². The second kappa shape index (κ2) is 11.3. The SMILES string of the molecule is CCN(CC)S(=O)(=O)c1ccc2c(c1)N(CC(=O)NCCN(C)C1CCCCC1)C(=O)CO2. The fraction of sp³-hybridized carbons (Fsp3) is 0.652. The second-order valence-corrected chi connectivity index (χ2v) is 10.5. The van der Waals surface area contributed by atoms with Crippen molar-refractivity contribution in [1.29, 1.82) is 0 Å². The summed E-state index contributed by atoms with van der Waals surface area (Å²) in [5, 5.41) is 2.89. The summed E-state index contributed by atoms with van der Waals surface area (Å²) in [6.45, 7) is 5.09. The largest absolute Gasteiger partial charge is 0.482 e. The molecule has 3 rings (SSSR count). The van der Waals surface area contributed by atoms with Crippen LogP contribution in [0, 0.1) is 0 Å². The Morgan fingerprint density at radius 2 is 1.88 bits per heavy atom. The van der Waals surface area contributed by atoms with E-state index in [9.17, 15) is 18.0 Å². The fourth-order valence-corrected chi connectivity index (χ4v) is 5.98. The minimum Gasteiger partial charge on any atom is -0.482 e. The molecule has 1 saturated carbocycles. The van der Waals surface area contributed by atoms with Crippen LogP contribution in [-0.4, -0.2) is 81.9 Å². The van der Waals surface area contributed by atoms with Gasteiger partial charge in [0.05, 0.1) is 10.6 Å². The number of hydrogen-bond donors (Lipinski definition) is 1. The number of sulfonamides is 1. The molecule has 0 unspecified atom stereocenters. The number of anilines is 1. The van der Waals surface area contributed by atoms with Gasteiger partial charge < -0.3 is 15.0 Å². The van der Waals surface area contributed by atoms with Gasteiger partial charge in [-0.25, -0.2) is 8.42 Å². The van der Waals surface area contributed by atoms with Gasteiger partial charge in [0.15, 0.2) is 6.61 Å². The predicted octanol–water partition coefficient (Wildman–Crippen LogP) is 1.82. The molecule has 9 nitrogen and oxygen atoms in total. The van der Waals surface area contributed by atoms with E-state index < -0.39 is 10.0 Å². The zero-order valence-electron chi connectivity index (χ0n) is 19.9. The maximum absolute atomic E-state index is 12.9. The summed E-state index contributed by atoms with van der Waals surface area (Å²) in [6, 6.07) is 5.00. The van der Waals surface area contributed by atoms with Crippen LogP contribution in [0.15, 0.2) is 23.1 Å². The van der Waals surface area contributed by atoms with Crippen molar-refractivity contribution in [1.82, 2.24) is 14.5 Å². The van der Waals surface area contributed by atoms with Gasteiger partial charge in [0.1, 0.15) is 12.3 Å². The first-order valence-corrected chi connectivity index (χ1v) is 13.3. The monoisotopic (exact) mass is 480 g/mol. The summed E-state index contributed by atoms with van der Waals surface area (Å²) >= 11 is 0. The fourth-order valence-electron chi connectivity index (χ4n) is 4.50. The summed E-state index contributed by atoms with van der Waals surface area (Å²) in [7, 11) is -1.62. The summed E-state index contributed by atoms with van der Waals surface area (Å²) in [6.07, 6.45) is 6.20. The van der Waals surface area contributed by atoms with Crippen LogP contribution in [0.5, 0.6) is 5.75 Å². The number of likely N-dealkylation sites (N-methyl/N-ethyl adjacent to an activating group) is 1. The molecule has 33 heavy (non-hydrogen) atoms. The second-order valence-electron chi connectivity index (χ2n) is 8.61. The minimum absolute atomic E-state index is 0.0720. The lowest BCUT2D eigenvalue weighted by atomic mass is 9.94. The average molecular weight is 481 g/mol. The molecule has 2 amide bonds. The van der Waals surface area contributed by atoms with Crippen molar-refractivity contribution < 1.29 is 22.7 Å². The molecule has 1 aromatic carbocycles. The Morgan fingerprint density at radius 1 is 1.18 bits per heavy atom. The van der Waals surface area contributed by atoms with E-state index in [0.717, 1.165) is 6.54 Å². The van der Waals surface area contributed by atoms with Crippen LogP contribution in [0.2, 0.25) is 0 Å². The summed E-state index contributed by atoms with van der Waals surface area (Å²) < 4.78 is 32.7. The smallest absolute Gasteiger partial charge is 0.265 e. The summed E-state index contributed by atoms with van der Waals surface area (Å²) in [5.41, 5.74) is 0.300.